The van der Waals surface area contributed by atoms with E-state index in [4.69, 9.17) is 0 Å². The molecule has 2 amide bonds. The number of fused-ring (bicyclic) bond motifs is 1. The molecule has 0 saturated carbocycles. The first-order chi connectivity index (χ1) is 12.6. The van der Waals surface area contributed by atoms with Gasteiger partial charge in [-0.3, -0.25) is 9.59 Å². The van der Waals surface area contributed by atoms with Gasteiger partial charge in [0, 0.05) is 42.6 Å². The number of para-hydroxylation sites is 1. The van der Waals surface area contributed by atoms with Gasteiger partial charge in [-0.1, -0.05) is 36.4 Å². The maximum atomic E-state index is 12.9. The molecule has 0 bridgehead atoms. The molecule has 26 heavy (non-hydrogen) atoms. The third-order valence-electron chi connectivity index (χ3n) is 5.05. The zero-order valence-corrected chi connectivity index (χ0v) is 14.7. The number of carbonyl (C=O) groups is 2. The van der Waals surface area contributed by atoms with Crippen LogP contribution in [0.1, 0.15) is 26.4 Å². The van der Waals surface area contributed by atoms with E-state index in [0.29, 0.717) is 37.4 Å². The molecule has 1 aliphatic rings. The molecule has 2 heterocycles. The quantitative estimate of drug-likeness (QED) is 0.774. The number of H-pyrrole nitrogens is 1. The molecule has 5 nitrogen and oxygen atoms in total. The van der Waals surface area contributed by atoms with Crippen LogP contribution in [-0.2, 0) is 0 Å². The number of aromatic amines is 1. The van der Waals surface area contributed by atoms with Gasteiger partial charge >= 0.3 is 0 Å². The SMILES string of the molecule is Cc1c(C(=O)N2CCN(C(=O)c3ccccc3)CC2)[nH]c2ccccc12. The van der Waals surface area contributed by atoms with Crippen molar-refractivity contribution in [1.82, 2.24) is 14.8 Å². The van der Waals surface area contributed by atoms with Crippen LogP contribution in [0.3, 0.4) is 0 Å². The number of amides is 2. The average molecular weight is 347 g/mol. The minimum Gasteiger partial charge on any atom is -0.350 e. The van der Waals surface area contributed by atoms with E-state index in [2.05, 4.69) is 4.98 Å². The highest BCUT2D eigenvalue weighted by Crippen LogP contribution is 2.23. The van der Waals surface area contributed by atoms with Gasteiger partial charge in [0.2, 0.25) is 0 Å². The lowest BCUT2D eigenvalue weighted by atomic mass is 10.1. The Bertz CT molecular complexity index is 954. The first kappa shape index (κ1) is 16.4. The molecule has 3 aromatic rings. The molecule has 1 saturated heterocycles. The second-order valence-corrected chi connectivity index (χ2v) is 6.62. The lowest BCUT2D eigenvalue weighted by molar-refractivity contribution is 0.0532. The summed E-state index contributed by atoms with van der Waals surface area (Å²) in [6.45, 7) is 4.18. The molecule has 0 aliphatic carbocycles. The molecule has 0 atom stereocenters. The Morgan fingerprint density at radius 1 is 0.808 bits per heavy atom. The van der Waals surface area contributed by atoms with Gasteiger partial charge in [-0.25, -0.2) is 0 Å². The summed E-state index contributed by atoms with van der Waals surface area (Å²) in [5, 5.41) is 1.08. The molecule has 0 spiro atoms. The number of carbonyl (C=O) groups excluding carboxylic acids is 2. The number of rotatable bonds is 2. The van der Waals surface area contributed by atoms with E-state index in [-0.39, 0.29) is 11.8 Å². The van der Waals surface area contributed by atoms with Crippen molar-refractivity contribution in [2.45, 2.75) is 6.92 Å². The van der Waals surface area contributed by atoms with Crippen LogP contribution in [0.2, 0.25) is 0 Å². The van der Waals surface area contributed by atoms with Crippen LogP contribution in [0.4, 0.5) is 0 Å². The number of aryl methyl sites for hydroxylation is 1. The van der Waals surface area contributed by atoms with Crippen molar-refractivity contribution in [3.05, 3.63) is 71.4 Å². The molecule has 2 aromatic carbocycles. The van der Waals surface area contributed by atoms with Crippen LogP contribution in [0.25, 0.3) is 10.9 Å². The maximum absolute atomic E-state index is 12.9. The molecular weight excluding hydrogens is 326 g/mol. The smallest absolute Gasteiger partial charge is 0.270 e. The van der Waals surface area contributed by atoms with Crippen LogP contribution in [-0.4, -0.2) is 52.8 Å². The highest BCUT2D eigenvalue weighted by Gasteiger charge is 2.27. The third-order valence-corrected chi connectivity index (χ3v) is 5.05. The van der Waals surface area contributed by atoms with Crippen molar-refractivity contribution in [2.24, 2.45) is 0 Å². The summed E-state index contributed by atoms with van der Waals surface area (Å²) in [6, 6.07) is 17.2. The van der Waals surface area contributed by atoms with Crippen molar-refractivity contribution >= 4 is 22.7 Å². The highest BCUT2D eigenvalue weighted by molar-refractivity contribution is 6.01. The normalized spacial score (nSPS) is 14.7. The Kier molecular flexibility index (Phi) is 4.21. The molecule has 4 rings (SSSR count). The summed E-state index contributed by atoms with van der Waals surface area (Å²) in [5.41, 5.74) is 3.30. The second-order valence-electron chi connectivity index (χ2n) is 6.62. The van der Waals surface area contributed by atoms with Gasteiger partial charge in [0.25, 0.3) is 11.8 Å². The standard InChI is InChI=1S/C21H21N3O2/c1-15-17-9-5-6-10-18(17)22-19(15)21(26)24-13-11-23(12-14-24)20(25)16-7-3-2-4-8-16/h2-10,22H,11-14H2,1H3. The van der Waals surface area contributed by atoms with Gasteiger partial charge < -0.3 is 14.8 Å². The van der Waals surface area contributed by atoms with E-state index >= 15 is 0 Å². The molecule has 1 N–H and O–H groups in total. The van der Waals surface area contributed by atoms with Crippen LogP contribution in [0.5, 0.6) is 0 Å². The van der Waals surface area contributed by atoms with Crippen LogP contribution in [0.15, 0.2) is 54.6 Å². The Balaban J connectivity index is 1.46. The van der Waals surface area contributed by atoms with Crippen LogP contribution >= 0.6 is 0 Å². The van der Waals surface area contributed by atoms with Crippen molar-refractivity contribution in [2.75, 3.05) is 26.2 Å². The number of piperazine rings is 1. The van der Waals surface area contributed by atoms with E-state index in [1.807, 2.05) is 71.3 Å². The lowest BCUT2D eigenvalue weighted by Crippen LogP contribution is -2.50. The van der Waals surface area contributed by atoms with Gasteiger partial charge in [0.15, 0.2) is 0 Å². The van der Waals surface area contributed by atoms with Crippen LogP contribution < -0.4 is 0 Å². The van der Waals surface area contributed by atoms with Crippen molar-refractivity contribution in [1.29, 1.82) is 0 Å². The van der Waals surface area contributed by atoms with E-state index < -0.39 is 0 Å². The van der Waals surface area contributed by atoms with E-state index in [9.17, 15) is 9.59 Å². The number of hydrogen-bond acceptors (Lipinski definition) is 2. The fourth-order valence-corrected chi connectivity index (χ4v) is 3.53. The maximum Gasteiger partial charge on any atom is 0.270 e. The average Bonchev–Trinajstić information content (AvgIpc) is 3.04. The van der Waals surface area contributed by atoms with E-state index in [0.717, 1.165) is 16.5 Å². The van der Waals surface area contributed by atoms with Crippen LogP contribution in [0, 0.1) is 6.92 Å². The summed E-state index contributed by atoms with van der Waals surface area (Å²) in [7, 11) is 0. The number of benzene rings is 2. The molecule has 132 valence electrons. The monoisotopic (exact) mass is 347 g/mol. The van der Waals surface area contributed by atoms with Gasteiger partial charge in [-0.15, -0.1) is 0 Å². The minimum absolute atomic E-state index is 0.00510. The van der Waals surface area contributed by atoms with Gasteiger partial charge in [-0.2, -0.15) is 0 Å². The number of nitrogens with zero attached hydrogens (tertiary/aromatic N) is 2. The molecular formula is C21H21N3O2. The Labute approximate surface area is 152 Å². The fraction of sp³-hybridized carbons (Fsp3) is 0.238. The highest BCUT2D eigenvalue weighted by atomic mass is 16.2. The summed E-state index contributed by atoms with van der Waals surface area (Å²) in [4.78, 5) is 32.4. The summed E-state index contributed by atoms with van der Waals surface area (Å²) in [6.07, 6.45) is 0. The third kappa shape index (κ3) is 2.86. The molecule has 0 unspecified atom stereocenters. The fourth-order valence-electron chi connectivity index (χ4n) is 3.53. The van der Waals surface area contributed by atoms with E-state index in [1.165, 1.54) is 0 Å². The predicted octanol–water partition coefficient (Wildman–Crippen LogP) is 3.07. The summed E-state index contributed by atoms with van der Waals surface area (Å²) >= 11 is 0. The number of nitrogens with one attached hydrogen (secondary N) is 1. The first-order valence-corrected chi connectivity index (χ1v) is 8.86. The minimum atomic E-state index is 0.00510. The van der Waals surface area contributed by atoms with Crippen molar-refractivity contribution in [3.63, 3.8) is 0 Å². The predicted molar refractivity (Wildman–Crippen MR) is 101 cm³/mol. The lowest BCUT2D eigenvalue weighted by Gasteiger charge is -2.34. The zero-order valence-electron chi connectivity index (χ0n) is 14.7. The Morgan fingerprint density at radius 3 is 2.04 bits per heavy atom. The van der Waals surface area contributed by atoms with Crippen molar-refractivity contribution < 1.29 is 9.59 Å². The van der Waals surface area contributed by atoms with E-state index in [1.54, 1.807) is 0 Å². The molecule has 0 radical (unpaired) electrons. The van der Waals surface area contributed by atoms with Gasteiger partial charge in [-0.05, 0) is 30.7 Å². The van der Waals surface area contributed by atoms with Gasteiger partial charge in [0.05, 0.1) is 0 Å². The number of aromatic nitrogens is 1. The molecule has 1 aromatic heterocycles. The molecule has 1 fully saturated rings. The Morgan fingerprint density at radius 2 is 1.38 bits per heavy atom. The molecule has 5 heteroatoms. The second kappa shape index (κ2) is 6.67. The van der Waals surface area contributed by atoms with Crippen molar-refractivity contribution in [3.8, 4) is 0 Å². The topological polar surface area (TPSA) is 56.4 Å². The number of hydrogen-bond donors (Lipinski definition) is 1. The summed E-state index contributed by atoms with van der Waals surface area (Å²) in [5.74, 6) is 0.0324. The summed E-state index contributed by atoms with van der Waals surface area (Å²) < 4.78 is 0. The Hall–Kier alpha value is -3.08. The molecule has 1 aliphatic heterocycles. The zero-order chi connectivity index (χ0) is 18.1. The largest absolute Gasteiger partial charge is 0.350 e. The first-order valence-electron chi connectivity index (χ1n) is 8.86. The van der Waals surface area contributed by atoms with Gasteiger partial charge in [0.1, 0.15) is 5.69 Å².